The first kappa shape index (κ1) is 11.9. The third kappa shape index (κ3) is 3.89. The number of alkyl halides is 1. The Kier molecular flexibility index (Phi) is 4.76. The maximum absolute atomic E-state index is 5.75. The number of aromatic nitrogens is 1. The van der Waals surface area contributed by atoms with Crippen molar-refractivity contribution in [2.24, 2.45) is 5.92 Å². The number of hydrogen-bond acceptors (Lipinski definition) is 2. The number of aryl methyl sites for hydroxylation is 2. The predicted octanol–water partition coefficient (Wildman–Crippen LogP) is 3.67. The Balaban J connectivity index is 2.58. The van der Waals surface area contributed by atoms with Crippen molar-refractivity contribution in [1.29, 1.82) is 0 Å². The molecular formula is C11H16ClNS. The molecule has 0 N–H and O–H groups in total. The number of thioether (sulfide) groups is 1. The first-order valence-electron chi connectivity index (χ1n) is 4.76. The quantitative estimate of drug-likeness (QED) is 0.577. The molecule has 1 heterocycles. The van der Waals surface area contributed by atoms with E-state index in [2.05, 4.69) is 31.0 Å². The van der Waals surface area contributed by atoms with Gasteiger partial charge in [0, 0.05) is 17.3 Å². The molecule has 1 unspecified atom stereocenters. The van der Waals surface area contributed by atoms with E-state index in [0.29, 0.717) is 5.92 Å². The molecule has 0 amide bonds. The summed E-state index contributed by atoms with van der Waals surface area (Å²) < 4.78 is 0. The minimum atomic E-state index is 0.546. The van der Waals surface area contributed by atoms with Gasteiger partial charge in [0.05, 0.1) is 5.03 Å². The standard InChI is InChI=1S/C11H16ClNS/c1-8-4-10(3)13-11(5-8)14-7-9(2)6-12/h4-5,9H,6-7H2,1-3H3. The molecule has 14 heavy (non-hydrogen) atoms. The summed E-state index contributed by atoms with van der Waals surface area (Å²) in [5.74, 6) is 2.31. The lowest BCUT2D eigenvalue weighted by Crippen LogP contribution is -1.99. The van der Waals surface area contributed by atoms with Gasteiger partial charge in [0.1, 0.15) is 0 Å². The lowest BCUT2D eigenvalue weighted by Gasteiger charge is -2.07. The maximum atomic E-state index is 5.75. The molecule has 1 rings (SSSR count). The number of rotatable bonds is 4. The summed E-state index contributed by atoms with van der Waals surface area (Å²) in [6.07, 6.45) is 0. The van der Waals surface area contributed by atoms with Crippen LogP contribution in [-0.4, -0.2) is 16.6 Å². The first-order valence-corrected chi connectivity index (χ1v) is 6.28. The Labute approximate surface area is 95.3 Å². The second-order valence-corrected chi connectivity index (χ2v) is 5.04. The number of halogens is 1. The zero-order valence-corrected chi connectivity index (χ0v) is 10.5. The van der Waals surface area contributed by atoms with E-state index >= 15 is 0 Å². The molecule has 0 saturated carbocycles. The molecule has 0 aromatic carbocycles. The van der Waals surface area contributed by atoms with Crippen molar-refractivity contribution in [2.45, 2.75) is 25.8 Å². The Morgan fingerprint density at radius 2 is 2.14 bits per heavy atom. The van der Waals surface area contributed by atoms with Gasteiger partial charge < -0.3 is 0 Å². The summed E-state index contributed by atoms with van der Waals surface area (Å²) >= 11 is 7.53. The lowest BCUT2D eigenvalue weighted by molar-refractivity contribution is 0.758. The Morgan fingerprint density at radius 3 is 2.71 bits per heavy atom. The van der Waals surface area contributed by atoms with Crippen LogP contribution in [-0.2, 0) is 0 Å². The van der Waals surface area contributed by atoms with Crippen molar-refractivity contribution in [1.82, 2.24) is 4.98 Å². The van der Waals surface area contributed by atoms with Crippen LogP contribution >= 0.6 is 23.4 Å². The fourth-order valence-corrected chi connectivity index (χ4v) is 2.44. The summed E-state index contributed by atoms with van der Waals surface area (Å²) in [5, 5.41) is 1.11. The van der Waals surface area contributed by atoms with Crippen molar-refractivity contribution in [2.75, 3.05) is 11.6 Å². The van der Waals surface area contributed by atoms with Crippen LogP contribution in [0.25, 0.3) is 0 Å². The van der Waals surface area contributed by atoms with Crippen LogP contribution in [0.3, 0.4) is 0 Å². The fraction of sp³-hybridized carbons (Fsp3) is 0.545. The first-order chi connectivity index (χ1) is 6.61. The molecule has 0 spiro atoms. The summed E-state index contributed by atoms with van der Waals surface area (Å²) in [6, 6.07) is 4.22. The molecule has 1 atom stereocenters. The van der Waals surface area contributed by atoms with Crippen molar-refractivity contribution >= 4 is 23.4 Å². The number of hydrogen-bond donors (Lipinski definition) is 0. The topological polar surface area (TPSA) is 12.9 Å². The monoisotopic (exact) mass is 229 g/mol. The van der Waals surface area contributed by atoms with Crippen LogP contribution < -0.4 is 0 Å². The molecule has 0 radical (unpaired) electrons. The zero-order valence-electron chi connectivity index (χ0n) is 8.88. The normalized spacial score (nSPS) is 12.9. The van der Waals surface area contributed by atoms with Gasteiger partial charge in [0.15, 0.2) is 0 Å². The third-order valence-electron chi connectivity index (χ3n) is 1.85. The van der Waals surface area contributed by atoms with Gasteiger partial charge in [-0.25, -0.2) is 4.98 Å². The van der Waals surface area contributed by atoms with E-state index in [1.807, 2.05) is 6.92 Å². The van der Waals surface area contributed by atoms with Crippen molar-refractivity contribution in [3.05, 3.63) is 23.4 Å². The Morgan fingerprint density at radius 1 is 1.43 bits per heavy atom. The largest absolute Gasteiger partial charge is 0.247 e. The van der Waals surface area contributed by atoms with Crippen LogP contribution in [0.2, 0.25) is 0 Å². The molecule has 0 bridgehead atoms. The molecule has 0 fully saturated rings. The van der Waals surface area contributed by atoms with E-state index in [-0.39, 0.29) is 0 Å². The van der Waals surface area contributed by atoms with Gasteiger partial charge >= 0.3 is 0 Å². The van der Waals surface area contributed by atoms with E-state index in [9.17, 15) is 0 Å². The third-order valence-corrected chi connectivity index (χ3v) is 3.62. The van der Waals surface area contributed by atoms with Gasteiger partial charge in [0.2, 0.25) is 0 Å². The summed E-state index contributed by atoms with van der Waals surface area (Å²) in [5.41, 5.74) is 2.37. The molecule has 1 aromatic heterocycles. The fourth-order valence-electron chi connectivity index (χ4n) is 1.15. The highest BCUT2D eigenvalue weighted by Gasteiger charge is 2.03. The van der Waals surface area contributed by atoms with Gasteiger partial charge in [0.25, 0.3) is 0 Å². The minimum absolute atomic E-state index is 0.546. The van der Waals surface area contributed by atoms with Crippen LogP contribution in [0, 0.1) is 19.8 Å². The molecular weight excluding hydrogens is 214 g/mol. The highest BCUT2D eigenvalue weighted by atomic mass is 35.5. The van der Waals surface area contributed by atoms with Crippen LogP contribution in [0.15, 0.2) is 17.2 Å². The van der Waals surface area contributed by atoms with Gasteiger partial charge in [-0.2, -0.15) is 0 Å². The van der Waals surface area contributed by atoms with Crippen molar-refractivity contribution < 1.29 is 0 Å². The zero-order chi connectivity index (χ0) is 10.6. The van der Waals surface area contributed by atoms with Crippen LogP contribution in [0.1, 0.15) is 18.2 Å². The molecule has 3 heteroatoms. The van der Waals surface area contributed by atoms with E-state index in [1.165, 1.54) is 5.56 Å². The number of nitrogens with zero attached hydrogens (tertiary/aromatic N) is 1. The van der Waals surface area contributed by atoms with E-state index in [0.717, 1.165) is 22.4 Å². The molecule has 1 nitrogen and oxygen atoms in total. The molecule has 1 aromatic rings. The molecule has 0 aliphatic carbocycles. The average molecular weight is 230 g/mol. The number of pyridine rings is 1. The van der Waals surface area contributed by atoms with Crippen LogP contribution in [0.4, 0.5) is 0 Å². The molecule has 0 aliphatic heterocycles. The second-order valence-electron chi connectivity index (χ2n) is 3.69. The van der Waals surface area contributed by atoms with Gasteiger partial charge in [-0.15, -0.1) is 23.4 Å². The van der Waals surface area contributed by atoms with Gasteiger partial charge in [-0.05, 0) is 37.5 Å². The maximum Gasteiger partial charge on any atom is 0.0965 e. The highest BCUT2D eigenvalue weighted by molar-refractivity contribution is 7.99. The van der Waals surface area contributed by atoms with Crippen molar-refractivity contribution in [3.8, 4) is 0 Å². The predicted molar refractivity (Wildman–Crippen MR) is 64.3 cm³/mol. The smallest absolute Gasteiger partial charge is 0.0965 e. The second kappa shape index (κ2) is 5.62. The van der Waals surface area contributed by atoms with E-state index < -0.39 is 0 Å². The van der Waals surface area contributed by atoms with Crippen LogP contribution in [0.5, 0.6) is 0 Å². The highest BCUT2D eigenvalue weighted by Crippen LogP contribution is 2.20. The molecule has 78 valence electrons. The van der Waals surface area contributed by atoms with Gasteiger partial charge in [-0.1, -0.05) is 6.92 Å². The summed E-state index contributed by atoms with van der Waals surface area (Å²) in [4.78, 5) is 4.46. The van der Waals surface area contributed by atoms with Gasteiger partial charge in [-0.3, -0.25) is 0 Å². The average Bonchev–Trinajstić information content (AvgIpc) is 2.12. The molecule has 0 aliphatic rings. The summed E-state index contributed by atoms with van der Waals surface area (Å²) in [7, 11) is 0. The van der Waals surface area contributed by atoms with Crippen molar-refractivity contribution in [3.63, 3.8) is 0 Å². The SMILES string of the molecule is Cc1cc(C)nc(SCC(C)CCl)c1. The lowest BCUT2D eigenvalue weighted by atomic mass is 10.2. The minimum Gasteiger partial charge on any atom is -0.247 e. The summed E-state index contributed by atoms with van der Waals surface area (Å²) in [6.45, 7) is 6.29. The molecule has 0 saturated heterocycles. The van der Waals surface area contributed by atoms with E-state index in [4.69, 9.17) is 11.6 Å². The Hall–Kier alpha value is -0.210. The van der Waals surface area contributed by atoms with E-state index in [1.54, 1.807) is 11.8 Å². The Bertz CT molecular complexity index is 281.